The third-order valence-electron chi connectivity index (χ3n) is 2.87. The maximum atomic E-state index is 5.67. The van der Waals surface area contributed by atoms with Crippen LogP contribution in [0.3, 0.4) is 0 Å². The van der Waals surface area contributed by atoms with E-state index in [1.165, 1.54) is 11.1 Å². The minimum absolute atomic E-state index is 0.778. The summed E-state index contributed by atoms with van der Waals surface area (Å²) in [5, 5.41) is 0. The van der Waals surface area contributed by atoms with Gasteiger partial charge in [-0.25, -0.2) is 0 Å². The number of benzene rings is 2. The van der Waals surface area contributed by atoms with E-state index in [-0.39, 0.29) is 0 Å². The number of rotatable bonds is 6. The average molecular weight is 239 g/mol. The Morgan fingerprint density at radius 1 is 0.778 bits per heavy atom. The lowest BCUT2D eigenvalue weighted by Crippen LogP contribution is -1.96. The third kappa shape index (κ3) is 3.63. The summed E-state index contributed by atoms with van der Waals surface area (Å²) < 4.78 is 5.67. The van der Waals surface area contributed by atoms with Gasteiger partial charge in [-0.05, 0) is 29.7 Å². The van der Waals surface area contributed by atoms with E-state index in [0.717, 1.165) is 31.6 Å². The van der Waals surface area contributed by atoms with Crippen molar-refractivity contribution in [2.75, 3.05) is 6.61 Å². The molecule has 0 fully saturated rings. The Hall–Kier alpha value is -1.76. The first-order chi connectivity index (χ1) is 8.90. The fourth-order valence-corrected chi connectivity index (χ4v) is 1.84. The molecule has 0 saturated heterocycles. The van der Waals surface area contributed by atoms with Crippen molar-refractivity contribution in [3.63, 3.8) is 0 Å². The lowest BCUT2D eigenvalue weighted by molar-refractivity contribution is 0.307. The van der Waals surface area contributed by atoms with Crippen LogP contribution in [-0.2, 0) is 0 Å². The van der Waals surface area contributed by atoms with Crippen LogP contribution in [0.4, 0.5) is 0 Å². The third-order valence-corrected chi connectivity index (χ3v) is 2.87. The fourth-order valence-electron chi connectivity index (χ4n) is 1.84. The molecule has 0 N–H and O–H groups in total. The van der Waals surface area contributed by atoms with E-state index in [9.17, 15) is 0 Å². The predicted octanol–water partition coefficient (Wildman–Crippen LogP) is 4.74. The summed E-state index contributed by atoms with van der Waals surface area (Å²) in [7, 11) is 0. The van der Waals surface area contributed by atoms with Crippen LogP contribution in [0.5, 0.6) is 5.75 Å². The van der Waals surface area contributed by atoms with Crippen molar-refractivity contribution in [1.82, 2.24) is 0 Å². The smallest absolute Gasteiger partial charge is 0.119 e. The molecule has 18 heavy (non-hydrogen) atoms. The Labute approximate surface area is 109 Å². The standard InChI is InChI=1S/C17H19O/c1-2-3-7-14-18-17-12-10-16(11-13-17)15-8-5-4-6-9-15/h4-6,8-13H,1-3,7,14H2. The van der Waals surface area contributed by atoms with Gasteiger partial charge >= 0.3 is 0 Å². The summed E-state index contributed by atoms with van der Waals surface area (Å²) in [5.74, 6) is 0.943. The van der Waals surface area contributed by atoms with Crippen LogP contribution in [0.15, 0.2) is 54.6 Å². The summed E-state index contributed by atoms with van der Waals surface area (Å²) in [5.41, 5.74) is 2.46. The van der Waals surface area contributed by atoms with E-state index in [4.69, 9.17) is 4.74 Å². The Balaban J connectivity index is 1.94. The molecule has 2 aromatic carbocycles. The van der Waals surface area contributed by atoms with Crippen molar-refractivity contribution in [3.05, 3.63) is 61.5 Å². The molecule has 1 radical (unpaired) electrons. The molecule has 0 bridgehead atoms. The van der Waals surface area contributed by atoms with Gasteiger partial charge in [-0.3, -0.25) is 0 Å². The van der Waals surface area contributed by atoms with Gasteiger partial charge in [0.25, 0.3) is 0 Å². The monoisotopic (exact) mass is 239 g/mol. The second kappa shape index (κ2) is 6.85. The van der Waals surface area contributed by atoms with Crippen LogP contribution in [-0.4, -0.2) is 6.61 Å². The predicted molar refractivity (Wildman–Crippen MR) is 76.6 cm³/mol. The second-order valence-corrected chi connectivity index (χ2v) is 4.30. The van der Waals surface area contributed by atoms with Gasteiger partial charge in [0.05, 0.1) is 6.61 Å². The van der Waals surface area contributed by atoms with Gasteiger partial charge in [0.1, 0.15) is 5.75 Å². The van der Waals surface area contributed by atoms with Gasteiger partial charge in [0.15, 0.2) is 0 Å². The Morgan fingerprint density at radius 2 is 1.44 bits per heavy atom. The summed E-state index contributed by atoms with van der Waals surface area (Å²) in [6, 6.07) is 18.6. The van der Waals surface area contributed by atoms with Crippen LogP contribution in [0.1, 0.15) is 19.3 Å². The van der Waals surface area contributed by atoms with E-state index < -0.39 is 0 Å². The summed E-state index contributed by atoms with van der Waals surface area (Å²) in [4.78, 5) is 0. The lowest BCUT2D eigenvalue weighted by atomic mass is 10.1. The molecule has 0 saturated carbocycles. The highest BCUT2D eigenvalue weighted by atomic mass is 16.5. The van der Waals surface area contributed by atoms with Gasteiger partial charge in [-0.2, -0.15) is 0 Å². The molecule has 2 aromatic rings. The number of hydrogen-bond acceptors (Lipinski definition) is 1. The minimum Gasteiger partial charge on any atom is -0.494 e. The minimum atomic E-state index is 0.778. The van der Waals surface area contributed by atoms with Crippen LogP contribution < -0.4 is 4.74 Å². The zero-order valence-corrected chi connectivity index (χ0v) is 10.6. The molecule has 93 valence electrons. The second-order valence-electron chi connectivity index (χ2n) is 4.30. The van der Waals surface area contributed by atoms with Gasteiger partial charge in [0.2, 0.25) is 0 Å². The quantitative estimate of drug-likeness (QED) is 0.662. The zero-order chi connectivity index (χ0) is 12.6. The van der Waals surface area contributed by atoms with E-state index in [0.29, 0.717) is 0 Å². The molecule has 1 nitrogen and oxygen atoms in total. The van der Waals surface area contributed by atoms with Crippen molar-refractivity contribution in [3.8, 4) is 16.9 Å². The molecule has 0 unspecified atom stereocenters. The molecule has 0 aliphatic heterocycles. The molecule has 2 rings (SSSR count). The maximum absolute atomic E-state index is 5.67. The average Bonchev–Trinajstić information content (AvgIpc) is 2.45. The SMILES string of the molecule is [CH2]CCCCOc1ccc(-c2ccccc2)cc1. The number of unbranched alkanes of at least 4 members (excludes halogenated alkanes) is 2. The van der Waals surface area contributed by atoms with Crippen LogP contribution in [0, 0.1) is 6.92 Å². The van der Waals surface area contributed by atoms with Gasteiger partial charge in [-0.1, -0.05) is 62.2 Å². The van der Waals surface area contributed by atoms with Gasteiger partial charge < -0.3 is 4.74 Å². The summed E-state index contributed by atoms with van der Waals surface area (Å²) >= 11 is 0. The molecule has 0 heterocycles. The van der Waals surface area contributed by atoms with Gasteiger partial charge in [-0.15, -0.1) is 0 Å². The van der Waals surface area contributed by atoms with Crippen molar-refractivity contribution < 1.29 is 4.74 Å². The maximum Gasteiger partial charge on any atom is 0.119 e. The Bertz CT molecular complexity index is 445. The largest absolute Gasteiger partial charge is 0.494 e. The number of hydrogen-bond donors (Lipinski definition) is 0. The normalized spacial score (nSPS) is 10.3. The molecular formula is C17H19O. The highest BCUT2D eigenvalue weighted by Crippen LogP contribution is 2.22. The molecule has 0 spiro atoms. The topological polar surface area (TPSA) is 9.23 Å². The van der Waals surface area contributed by atoms with E-state index in [1.807, 2.05) is 18.2 Å². The number of ether oxygens (including phenoxy) is 1. The van der Waals surface area contributed by atoms with E-state index in [1.54, 1.807) is 0 Å². The van der Waals surface area contributed by atoms with E-state index in [2.05, 4.69) is 43.3 Å². The molecule has 0 aliphatic carbocycles. The van der Waals surface area contributed by atoms with Crippen molar-refractivity contribution in [2.45, 2.75) is 19.3 Å². The molecule has 0 amide bonds. The van der Waals surface area contributed by atoms with Crippen molar-refractivity contribution in [2.24, 2.45) is 0 Å². The van der Waals surface area contributed by atoms with Crippen LogP contribution in [0.2, 0.25) is 0 Å². The van der Waals surface area contributed by atoms with Gasteiger partial charge in [0, 0.05) is 0 Å². The van der Waals surface area contributed by atoms with Crippen LogP contribution in [0.25, 0.3) is 11.1 Å². The Kier molecular flexibility index (Phi) is 4.83. The summed E-state index contributed by atoms with van der Waals surface area (Å²) in [6.45, 7) is 4.60. The zero-order valence-electron chi connectivity index (χ0n) is 10.6. The molecule has 0 aliphatic rings. The first kappa shape index (κ1) is 12.7. The fraction of sp³-hybridized carbons (Fsp3) is 0.235. The molecule has 0 aromatic heterocycles. The lowest BCUT2D eigenvalue weighted by Gasteiger charge is -2.07. The Morgan fingerprint density at radius 3 is 2.11 bits per heavy atom. The van der Waals surface area contributed by atoms with Crippen molar-refractivity contribution >= 4 is 0 Å². The highest BCUT2D eigenvalue weighted by Gasteiger charge is 1.97. The molecular weight excluding hydrogens is 220 g/mol. The van der Waals surface area contributed by atoms with Crippen molar-refractivity contribution in [1.29, 1.82) is 0 Å². The molecule has 1 heteroatoms. The van der Waals surface area contributed by atoms with E-state index >= 15 is 0 Å². The highest BCUT2D eigenvalue weighted by molar-refractivity contribution is 5.63. The van der Waals surface area contributed by atoms with Crippen LogP contribution >= 0.6 is 0 Å². The molecule has 0 atom stereocenters. The first-order valence-electron chi connectivity index (χ1n) is 6.47. The summed E-state index contributed by atoms with van der Waals surface area (Å²) in [6.07, 6.45) is 3.18. The first-order valence-corrected chi connectivity index (χ1v) is 6.47.